The maximum atomic E-state index is 12.4. The molecule has 224 valence electrons. The molecule has 0 aliphatic rings. The van der Waals surface area contributed by atoms with Crippen molar-refractivity contribution < 1.29 is 9.90 Å². The number of hydrogen-bond donors (Lipinski definition) is 1. The van der Waals surface area contributed by atoms with Gasteiger partial charge in [-0.2, -0.15) is 0 Å². The van der Waals surface area contributed by atoms with Gasteiger partial charge in [0.25, 0.3) is 0 Å². The Morgan fingerprint density at radius 1 is 0.541 bits per heavy atom. The first kappa shape index (κ1) is 38.6. The maximum absolute atomic E-state index is 12.4. The Morgan fingerprint density at radius 2 is 0.838 bits per heavy atom. The van der Waals surface area contributed by atoms with E-state index in [1.807, 2.05) is 0 Å². The second-order valence-corrected chi connectivity index (χ2v) is 12.3. The van der Waals surface area contributed by atoms with Gasteiger partial charge in [0.1, 0.15) is 0 Å². The molecule has 0 radical (unpaired) electrons. The first-order valence-electron chi connectivity index (χ1n) is 16.6. The van der Waals surface area contributed by atoms with Crippen LogP contribution in [0.4, 0.5) is 0 Å². The van der Waals surface area contributed by atoms with Crippen molar-refractivity contribution in [2.24, 2.45) is 17.3 Å². The van der Waals surface area contributed by atoms with E-state index in [-0.39, 0.29) is 18.0 Å². The monoisotopic (exact) mass is 526 g/mol. The van der Waals surface area contributed by atoms with Gasteiger partial charge in [-0.25, -0.2) is 0 Å². The van der Waals surface area contributed by atoms with Crippen LogP contribution in [0.5, 0.6) is 0 Å². The summed E-state index contributed by atoms with van der Waals surface area (Å²) in [5, 5.41) is 12.4. The lowest BCUT2D eigenvalue weighted by atomic mass is 9.64. The molecule has 0 bridgehead atoms. The zero-order chi connectivity index (χ0) is 26.9. The van der Waals surface area contributed by atoms with E-state index >= 15 is 0 Å². The average Bonchev–Trinajstić information content (AvgIpc) is 2.85. The third-order valence-corrected chi connectivity index (χ3v) is 8.97. The molecule has 2 unspecified atom stereocenters. The molecule has 0 aliphatic heterocycles. The Kier molecular flexibility index (Phi) is 28.2. The van der Waals surface area contributed by atoms with Crippen molar-refractivity contribution in [3.63, 3.8) is 0 Å². The number of quaternary nitrogens is 1. The lowest BCUT2D eigenvalue weighted by Crippen LogP contribution is -2.50. The number of hydrogen-bond acceptors (Lipinski definition) is 2. The molecule has 3 nitrogen and oxygen atoms in total. The minimum Gasteiger partial charge on any atom is -0.550 e. The van der Waals surface area contributed by atoms with Crippen molar-refractivity contribution in [1.29, 1.82) is 0 Å². The second kappa shape index (κ2) is 27.0. The molecule has 4 N–H and O–H groups in total. The molecule has 0 amide bonds. The van der Waals surface area contributed by atoms with Crippen LogP contribution in [0, 0.1) is 17.3 Å². The number of carboxylic acids is 1. The Bertz CT molecular complexity index is 478. The van der Waals surface area contributed by atoms with Crippen LogP contribution < -0.4 is 11.3 Å². The van der Waals surface area contributed by atoms with Crippen LogP contribution in [0.3, 0.4) is 0 Å². The molecule has 0 aromatic heterocycles. The lowest BCUT2D eigenvalue weighted by molar-refractivity contribution is -0.325. The van der Waals surface area contributed by atoms with E-state index in [0.717, 1.165) is 19.3 Å². The van der Waals surface area contributed by atoms with Crippen LogP contribution in [0.2, 0.25) is 0 Å². The number of carboxylic acid groups (broad SMARTS) is 1. The fourth-order valence-electron chi connectivity index (χ4n) is 6.27. The van der Waals surface area contributed by atoms with Gasteiger partial charge in [0.2, 0.25) is 0 Å². The van der Waals surface area contributed by atoms with E-state index in [9.17, 15) is 9.90 Å². The van der Waals surface area contributed by atoms with Crippen LogP contribution in [-0.4, -0.2) is 5.97 Å². The summed E-state index contributed by atoms with van der Waals surface area (Å²) in [5.74, 6) is -0.456. The molecule has 0 saturated heterocycles. The van der Waals surface area contributed by atoms with E-state index < -0.39 is 11.4 Å². The summed E-state index contributed by atoms with van der Waals surface area (Å²) in [6.07, 6.45) is 32.4. The van der Waals surface area contributed by atoms with Crippen molar-refractivity contribution in [3.05, 3.63) is 0 Å². The van der Waals surface area contributed by atoms with Gasteiger partial charge < -0.3 is 16.1 Å². The van der Waals surface area contributed by atoms with Gasteiger partial charge in [-0.1, -0.05) is 182 Å². The Labute approximate surface area is 234 Å². The van der Waals surface area contributed by atoms with Crippen LogP contribution in [0.1, 0.15) is 195 Å². The van der Waals surface area contributed by atoms with Crippen molar-refractivity contribution in [3.8, 4) is 0 Å². The quantitative estimate of drug-likeness (QED) is 0.103. The summed E-state index contributed by atoms with van der Waals surface area (Å²) < 4.78 is 0. The molecule has 0 heterocycles. The van der Waals surface area contributed by atoms with Crippen LogP contribution in [-0.2, 0) is 4.79 Å². The van der Waals surface area contributed by atoms with Gasteiger partial charge in [0.15, 0.2) is 0 Å². The normalized spacial score (nSPS) is 13.9. The van der Waals surface area contributed by atoms with Crippen LogP contribution >= 0.6 is 0 Å². The summed E-state index contributed by atoms with van der Waals surface area (Å²) in [4.78, 5) is 12.4. The summed E-state index contributed by atoms with van der Waals surface area (Å²) in [6.45, 7) is 10.9. The number of carbonyl (C=O) groups is 1. The first-order chi connectivity index (χ1) is 17.4. The van der Waals surface area contributed by atoms with Crippen LogP contribution in [0.25, 0.3) is 0 Å². The smallest absolute Gasteiger partial charge is 0.0481 e. The zero-order valence-electron chi connectivity index (χ0n) is 26.6. The fraction of sp³-hybridized carbons (Fsp3) is 0.971. The SMILES string of the molecule is CCCCCCCCCCCCCCCC(C)C(CCCCCCCCCCCC)(C(=O)[O-])C(C)C.[NH4+]. The van der Waals surface area contributed by atoms with Gasteiger partial charge in [0.05, 0.1) is 0 Å². The molecule has 0 aromatic carbocycles. The molecule has 2 atom stereocenters. The highest BCUT2D eigenvalue weighted by Crippen LogP contribution is 2.43. The predicted molar refractivity (Wildman–Crippen MR) is 164 cm³/mol. The minimum atomic E-state index is -0.796. The predicted octanol–water partition coefficient (Wildman–Crippen LogP) is 11.2. The topological polar surface area (TPSA) is 76.6 Å². The summed E-state index contributed by atoms with van der Waals surface area (Å²) in [5.41, 5.74) is -0.655. The molecule has 0 spiro atoms. The van der Waals surface area contributed by atoms with Gasteiger partial charge in [0, 0.05) is 11.4 Å². The van der Waals surface area contributed by atoms with Crippen LogP contribution in [0.15, 0.2) is 0 Å². The molecular weight excluding hydrogens is 454 g/mol. The lowest BCUT2D eigenvalue weighted by Gasteiger charge is -2.44. The molecular formula is C34H71NO2. The summed E-state index contributed by atoms with van der Waals surface area (Å²) in [7, 11) is 0. The third kappa shape index (κ3) is 19.2. The number of unbranched alkanes of at least 4 members (excludes halogenated alkanes) is 21. The molecule has 0 fully saturated rings. The largest absolute Gasteiger partial charge is 0.550 e. The van der Waals surface area contributed by atoms with Gasteiger partial charge >= 0.3 is 0 Å². The van der Waals surface area contributed by atoms with Crippen molar-refractivity contribution in [1.82, 2.24) is 6.15 Å². The Hall–Kier alpha value is -0.570. The maximum Gasteiger partial charge on any atom is 0.0481 e. The molecule has 0 rings (SSSR count). The van der Waals surface area contributed by atoms with Crippen molar-refractivity contribution in [2.75, 3.05) is 0 Å². The third-order valence-electron chi connectivity index (χ3n) is 8.97. The van der Waals surface area contributed by atoms with E-state index in [1.165, 1.54) is 141 Å². The highest BCUT2D eigenvalue weighted by atomic mass is 16.4. The Balaban J connectivity index is 0. The number of carbonyl (C=O) groups excluding carboxylic acids is 1. The average molecular weight is 526 g/mol. The molecule has 37 heavy (non-hydrogen) atoms. The number of rotatable bonds is 28. The van der Waals surface area contributed by atoms with E-state index in [1.54, 1.807) is 0 Å². The Morgan fingerprint density at radius 3 is 1.14 bits per heavy atom. The highest BCUT2D eigenvalue weighted by molar-refractivity contribution is 5.73. The van der Waals surface area contributed by atoms with Gasteiger partial charge in [-0.05, 0) is 24.7 Å². The van der Waals surface area contributed by atoms with E-state index in [0.29, 0.717) is 0 Å². The molecule has 0 saturated carbocycles. The van der Waals surface area contributed by atoms with E-state index in [4.69, 9.17) is 0 Å². The van der Waals surface area contributed by atoms with Crippen molar-refractivity contribution >= 4 is 5.97 Å². The van der Waals surface area contributed by atoms with Gasteiger partial charge in [-0.3, -0.25) is 0 Å². The zero-order valence-corrected chi connectivity index (χ0v) is 26.6. The van der Waals surface area contributed by atoms with E-state index in [2.05, 4.69) is 34.6 Å². The van der Waals surface area contributed by atoms with Crippen molar-refractivity contribution in [2.45, 2.75) is 195 Å². The van der Waals surface area contributed by atoms with Gasteiger partial charge in [-0.15, -0.1) is 0 Å². The molecule has 3 heteroatoms. The minimum absolute atomic E-state index is 0. The summed E-state index contributed by atoms with van der Waals surface area (Å²) in [6, 6.07) is 0. The standard InChI is InChI=1S/C34H68O2.H3N/c1-6-8-10-12-14-16-18-19-20-21-23-25-27-29-32(5)34(31(3)4,33(35)36)30-28-26-24-22-17-15-13-11-9-7-2;/h31-32H,6-30H2,1-5H3,(H,35,36);1H3. The fourth-order valence-corrected chi connectivity index (χ4v) is 6.27. The number of aliphatic carboxylic acids is 1. The molecule has 0 aliphatic carbocycles. The molecule has 0 aromatic rings. The first-order valence-corrected chi connectivity index (χ1v) is 16.6. The second-order valence-electron chi connectivity index (χ2n) is 12.3. The highest BCUT2D eigenvalue weighted by Gasteiger charge is 2.39. The summed E-state index contributed by atoms with van der Waals surface area (Å²) >= 11 is 0.